The number of nitrogens with zero attached hydrogens (tertiary/aromatic N) is 1. The smallest absolute Gasteiger partial charge is 0.142 e. The van der Waals surface area contributed by atoms with Gasteiger partial charge in [-0.1, -0.05) is 48.8 Å². The van der Waals surface area contributed by atoms with Gasteiger partial charge in [0.1, 0.15) is 5.75 Å². The van der Waals surface area contributed by atoms with Crippen molar-refractivity contribution in [3.8, 4) is 5.75 Å². The van der Waals surface area contributed by atoms with Gasteiger partial charge >= 0.3 is 0 Å². The third kappa shape index (κ3) is 3.65. The molecule has 0 bridgehead atoms. The van der Waals surface area contributed by atoms with E-state index in [0.29, 0.717) is 11.3 Å². The molecule has 0 N–H and O–H groups in total. The molecule has 0 aromatic heterocycles. The Labute approximate surface area is 125 Å². The Hall–Kier alpha value is -0.700. The molecule has 0 aliphatic carbocycles. The minimum Gasteiger partial charge on any atom is -0.491 e. The molecule has 3 heteroatoms. The van der Waals surface area contributed by atoms with Crippen molar-refractivity contribution in [1.29, 1.82) is 0 Å². The molecular formula is C16H24BrNO. The molecule has 19 heavy (non-hydrogen) atoms. The highest BCUT2D eigenvalue weighted by molar-refractivity contribution is 9.09. The molecule has 1 atom stereocenters. The van der Waals surface area contributed by atoms with Crippen molar-refractivity contribution < 1.29 is 4.74 Å². The first kappa shape index (κ1) is 14.7. The molecule has 1 aromatic rings. The van der Waals surface area contributed by atoms with E-state index in [2.05, 4.69) is 59.8 Å². The van der Waals surface area contributed by atoms with Gasteiger partial charge in [0.05, 0.1) is 12.3 Å². The number of para-hydroxylation sites is 2. The SMILES string of the molecule is CC(C)(C)C(CBr)CN1CCCOc2ccccc21. The molecule has 2 nitrogen and oxygen atoms in total. The zero-order valence-electron chi connectivity index (χ0n) is 12.2. The number of ether oxygens (including phenoxy) is 1. The summed E-state index contributed by atoms with van der Waals surface area (Å²) in [5.41, 5.74) is 1.56. The predicted octanol–water partition coefficient (Wildman–Crippen LogP) is 4.33. The fourth-order valence-corrected chi connectivity index (χ4v) is 3.58. The Balaban J connectivity index is 2.20. The van der Waals surface area contributed by atoms with Crippen molar-refractivity contribution in [2.24, 2.45) is 11.3 Å². The van der Waals surface area contributed by atoms with Gasteiger partial charge in [-0.25, -0.2) is 0 Å². The zero-order valence-corrected chi connectivity index (χ0v) is 13.7. The summed E-state index contributed by atoms with van der Waals surface area (Å²) in [6, 6.07) is 8.40. The van der Waals surface area contributed by atoms with Crippen LogP contribution in [0.1, 0.15) is 27.2 Å². The van der Waals surface area contributed by atoms with Crippen molar-refractivity contribution in [3.05, 3.63) is 24.3 Å². The lowest BCUT2D eigenvalue weighted by atomic mass is 9.81. The first-order chi connectivity index (χ1) is 9.02. The predicted molar refractivity (Wildman–Crippen MR) is 85.5 cm³/mol. The van der Waals surface area contributed by atoms with Gasteiger partial charge in [-0.3, -0.25) is 0 Å². The van der Waals surface area contributed by atoms with E-state index in [1.165, 1.54) is 5.69 Å². The molecule has 2 rings (SSSR count). The quantitative estimate of drug-likeness (QED) is 0.767. The lowest BCUT2D eigenvalue weighted by Crippen LogP contribution is -2.36. The van der Waals surface area contributed by atoms with Gasteiger partial charge < -0.3 is 9.64 Å². The molecule has 0 radical (unpaired) electrons. The summed E-state index contributed by atoms with van der Waals surface area (Å²) in [6.07, 6.45) is 1.09. The van der Waals surface area contributed by atoms with Crippen LogP contribution in [0.2, 0.25) is 0 Å². The van der Waals surface area contributed by atoms with Crippen LogP contribution in [0.5, 0.6) is 5.75 Å². The minimum absolute atomic E-state index is 0.311. The van der Waals surface area contributed by atoms with Crippen molar-refractivity contribution in [1.82, 2.24) is 0 Å². The fraction of sp³-hybridized carbons (Fsp3) is 0.625. The van der Waals surface area contributed by atoms with Crippen LogP contribution in [0.15, 0.2) is 24.3 Å². The zero-order chi connectivity index (χ0) is 13.9. The second-order valence-electron chi connectivity index (χ2n) is 6.33. The highest BCUT2D eigenvalue weighted by Crippen LogP contribution is 2.34. The minimum atomic E-state index is 0.311. The number of fused-ring (bicyclic) bond motifs is 1. The second kappa shape index (κ2) is 6.17. The van der Waals surface area contributed by atoms with Crippen molar-refractivity contribution in [3.63, 3.8) is 0 Å². The van der Waals surface area contributed by atoms with Crippen molar-refractivity contribution >= 4 is 21.6 Å². The Morgan fingerprint density at radius 2 is 2.05 bits per heavy atom. The van der Waals surface area contributed by atoms with Crippen LogP contribution >= 0.6 is 15.9 Å². The Kier molecular flexibility index (Phi) is 4.77. The van der Waals surface area contributed by atoms with Gasteiger partial charge in [0.15, 0.2) is 0 Å². The second-order valence-corrected chi connectivity index (χ2v) is 6.98. The largest absolute Gasteiger partial charge is 0.491 e. The maximum atomic E-state index is 5.83. The third-order valence-electron chi connectivity index (χ3n) is 3.89. The normalized spacial score (nSPS) is 17.4. The van der Waals surface area contributed by atoms with Gasteiger partial charge in [0.2, 0.25) is 0 Å². The van der Waals surface area contributed by atoms with Crippen LogP contribution < -0.4 is 9.64 Å². The Bertz CT molecular complexity index is 413. The average Bonchev–Trinajstić information content (AvgIpc) is 2.57. The standard InChI is InChI=1S/C16H24BrNO/c1-16(2,3)13(11-17)12-18-9-6-10-19-15-8-5-4-7-14(15)18/h4-5,7-8,13H,6,9-12H2,1-3H3. The fourth-order valence-electron chi connectivity index (χ4n) is 2.41. The topological polar surface area (TPSA) is 12.5 Å². The number of hydrogen-bond acceptors (Lipinski definition) is 2. The number of benzene rings is 1. The summed E-state index contributed by atoms with van der Waals surface area (Å²) in [4.78, 5) is 2.49. The lowest BCUT2D eigenvalue weighted by molar-refractivity contribution is 0.270. The molecule has 0 saturated carbocycles. The summed E-state index contributed by atoms with van der Waals surface area (Å²) >= 11 is 3.68. The molecule has 1 heterocycles. The van der Waals surface area contributed by atoms with E-state index in [4.69, 9.17) is 4.74 Å². The molecule has 0 fully saturated rings. The highest BCUT2D eigenvalue weighted by atomic mass is 79.9. The molecule has 1 unspecified atom stereocenters. The van der Waals surface area contributed by atoms with E-state index in [1.54, 1.807) is 0 Å². The summed E-state index contributed by atoms with van der Waals surface area (Å²) in [5, 5.41) is 1.04. The molecule has 0 spiro atoms. The van der Waals surface area contributed by atoms with Crippen LogP contribution in [0.3, 0.4) is 0 Å². The monoisotopic (exact) mass is 325 g/mol. The number of halogens is 1. The van der Waals surface area contributed by atoms with Crippen LogP contribution in [-0.2, 0) is 0 Å². The van der Waals surface area contributed by atoms with Gasteiger partial charge in [-0.05, 0) is 29.9 Å². The summed E-state index contributed by atoms with van der Waals surface area (Å²) in [7, 11) is 0. The van der Waals surface area contributed by atoms with Crippen LogP contribution in [-0.4, -0.2) is 25.0 Å². The Morgan fingerprint density at radius 3 is 2.74 bits per heavy atom. The first-order valence-corrected chi connectivity index (χ1v) is 8.17. The summed E-state index contributed by atoms with van der Waals surface area (Å²) < 4.78 is 5.83. The number of alkyl halides is 1. The van der Waals surface area contributed by atoms with Gasteiger partial charge in [0, 0.05) is 18.4 Å². The number of rotatable bonds is 3. The van der Waals surface area contributed by atoms with E-state index in [1.807, 2.05) is 6.07 Å². The molecule has 1 aromatic carbocycles. The molecular weight excluding hydrogens is 302 g/mol. The van der Waals surface area contributed by atoms with E-state index in [-0.39, 0.29) is 0 Å². The van der Waals surface area contributed by atoms with Crippen LogP contribution in [0.4, 0.5) is 5.69 Å². The number of anilines is 1. The highest BCUT2D eigenvalue weighted by Gasteiger charge is 2.27. The average molecular weight is 326 g/mol. The Morgan fingerprint density at radius 1 is 1.32 bits per heavy atom. The number of hydrogen-bond donors (Lipinski definition) is 0. The summed E-state index contributed by atoms with van der Waals surface area (Å²) in [5.74, 6) is 1.65. The summed E-state index contributed by atoms with van der Waals surface area (Å²) in [6.45, 7) is 9.94. The van der Waals surface area contributed by atoms with E-state index in [0.717, 1.165) is 37.2 Å². The molecule has 1 aliphatic rings. The van der Waals surface area contributed by atoms with Gasteiger partial charge in [-0.2, -0.15) is 0 Å². The van der Waals surface area contributed by atoms with Crippen LogP contribution in [0, 0.1) is 11.3 Å². The van der Waals surface area contributed by atoms with Crippen molar-refractivity contribution in [2.75, 3.05) is 29.9 Å². The van der Waals surface area contributed by atoms with E-state index < -0.39 is 0 Å². The maximum Gasteiger partial charge on any atom is 0.142 e. The molecule has 1 aliphatic heterocycles. The molecule has 0 amide bonds. The third-order valence-corrected chi connectivity index (χ3v) is 4.67. The lowest BCUT2D eigenvalue weighted by Gasteiger charge is -2.35. The molecule has 0 saturated heterocycles. The van der Waals surface area contributed by atoms with E-state index in [9.17, 15) is 0 Å². The van der Waals surface area contributed by atoms with Crippen molar-refractivity contribution in [2.45, 2.75) is 27.2 Å². The molecule has 106 valence electrons. The first-order valence-electron chi connectivity index (χ1n) is 7.05. The van der Waals surface area contributed by atoms with Crippen LogP contribution in [0.25, 0.3) is 0 Å². The maximum absolute atomic E-state index is 5.83. The van der Waals surface area contributed by atoms with E-state index >= 15 is 0 Å². The van der Waals surface area contributed by atoms with Gasteiger partial charge in [-0.15, -0.1) is 0 Å². The van der Waals surface area contributed by atoms with Gasteiger partial charge in [0.25, 0.3) is 0 Å².